The van der Waals surface area contributed by atoms with Crippen molar-refractivity contribution in [1.82, 2.24) is 0 Å². The molecule has 0 N–H and O–H groups in total. The highest BCUT2D eigenvalue weighted by molar-refractivity contribution is 6.23. The fourth-order valence-corrected chi connectivity index (χ4v) is 1.28. The Labute approximate surface area is 82.5 Å². The summed E-state index contributed by atoms with van der Waals surface area (Å²) in [5.41, 5.74) is 0.797. The standard InChI is InChI=1S/C10H11ClO2/c1-2-10(11,13-8-12)9-6-4-3-5-7-9/h3-8H,2H2,1H3. The molecule has 3 heteroatoms. The summed E-state index contributed by atoms with van der Waals surface area (Å²) in [7, 11) is 0. The van der Waals surface area contributed by atoms with Crippen molar-refractivity contribution >= 4 is 18.1 Å². The number of carbonyl (C=O) groups is 1. The Balaban J connectivity index is 2.95. The lowest BCUT2D eigenvalue weighted by Crippen LogP contribution is -2.21. The third-order valence-electron chi connectivity index (χ3n) is 1.89. The van der Waals surface area contributed by atoms with Crippen molar-refractivity contribution in [2.24, 2.45) is 0 Å². The van der Waals surface area contributed by atoms with E-state index < -0.39 is 5.06 Å². The molecule has 0 aliphatic heterocycles. The molecule has 0 fully saturated rings. The molecule has 1 rings (SSSR count). The topological polar surface area (TPSA) is 26.3 Å². The van der Waals surface area contributed by atoms with Gasteiger partial charge in [0, 0.05) is 12.0 Å². The molecule has 1 aromatic rings. The summed E-state index contributed by atoms with van der Waals surface area (Å²) < 4.78 is 4.85. The van der Waals surface area contributed by atoms with Crippen molar-refractivity contribution in [2.75, 3.05) is 0 Å². The maximum Gasteiger partial charge on any atom is 0.295 e. The van der Waals surface area contributed by atoms with Crippen molar-refractivity contribution in [3.8, 4) is 0 Å². The number of benzene rings is 1. The van der Waals surface area contributed by atoms with Crippen LogP contribution < -0.4 is 0 Å². The third kappa shape index (κ3) is 2.22. The molecule has 0 heterocycles. The van der Waals surface area contributed by atoms with Gasteiger partial charge in [-0.3, -0.25) is 4.79 Å². The lowest BCUT2D eigenvalue weighted by molar-refractivity contribution is -0.137. The van der Waals surface area contributed by atoms with Gasteiger partial charge >= 0.3 is 0 Å². The zero-order valence-electron chi connectivity index (χ0n) is 7.37. The molecule has 1 aromatic carbocycles. The maximum absolute atomic E-state index is 10.2. The van der Waals surface area contributed by atoms with Gasteiger partial charge in [-0.1, -0.05) is 48.9 Å². The van der Waals surface area contributed by atoms with Gasteiger partial charge < -0.3 is 4.74 Å². The third-order valence-corrected chi connectivity index (χ3v) is 2.47. The molecular formula is C10H11ClO2. The molecule has 13 heavy (non-hydrogen) atoms. The van der Waals surface area contributed by atoms with Gasteiger partial charge in [0.25, 0.3) is 6.47 Å². The molecule has 2 nitrogen and oxygen atoms in total. The van der Waals surface area contributed by atoms with E-state index in [9.17, 15) is 4.79 Å². The second-order valence-corrected chi connectivity index (χ2v) is 3.27. The Bertz CT molecular complexity index is 274. The molecule has 0 bridgehead atoms. The van der Waals surface area contributed by atoms with E-state index in [1.54, 1.807) is 0 Å². The average Bonchev–Trinajstić information content (AvgIpc) is 2.19. The summed E-state index contributed by atoms with van der Waals surface area (Å²) in [5, 5.41) is -1.01. The van der Waals surface area contributed by atoms with E-state index in [-0.39, 0.29) is 0 Å². The van der Waals surface area contributed by atoms with Crippen molar-refractivity contribution in [2.45, 2.75) is 18.4 Å². The number of hydrogen-bond acceptors (Lipinski definition) is 2. The van der Waals surface area contributed by atoms with Crippen molar-refractivity contribution in [1.29, 1.82) is 0 Å². The molecule has 0 aliphatic carbocycles. The highest BCUT2D eigenvalue weighted by Gasteiger charge is 2.28. The van der Waals surface area contributed by atoms with Crippen LogP contribution in [0.5, 0.6) is 0 Å². The van der Waals surface area contributed by atoms with Gasteiger partial charge in [-0.05, 0) is 0 Å². The summed E-state index contributed by atoms with van der Waals surface area (Å²) in [6, 6.07) is 9.27. The van der Waals surface area contributed by atoms with E-state index in [2.05, 4.69) is 0 Å². The molecule has 0 aromatic heterocycles. The van der Waals surface area contributed by atoms with Crippen LogP contribution in [-0.4, -0.2) is 6.47 Å². The number of alkyl halides is 1. The largest absolute Gasteiger partial charge is 0.441 e. The Kier molecular flexibility index (Phi) is 3.32. The molecule has 0 radical (unpaired) electrons. The Morgan fingerprint density at radius 2 is 2.08 bits per heavy atom. The van der Waals surface area contributed by atoms with Crippen LogP contribution in [-0.2, 0) is 14.6 Å². The van der Waals surface area contributed by atoms with Gasteiger partial charge in [0.15, 0.2) is 0 Å². The second kappa shape index (κ2) is 4.28. The molecule has 70 valence electrons. The monoisotopic (exact) mass is 198 g/mol. The Hall–Kier alpha value is -1.02. The average molecular weight is 199 g/mol. The van der Waals surface area contributed by atoms with Crippen molar-refractivity contribution in [3.05, 3.63) is 35.9 Å². The summed E-state index contributed by atoms with van der Waals surface area (Å²) in [6.45, 7) is 2.24. The van der Waals surface area contributed by atoms with Gasteiger partial charge in [0.2, 0.25) is 5.06 Å². The van der Waals surface area contributed by atoms with Gasteiger partial charge in [-0.2, -0.15) is 0 Å². The fraction of sp³-hybridized carbons (Fsp3) is 0.300. The van der Waals surface area contributed by atoms with Crippen LogP contribution >= 0.6 is 11.6 Å². The number of halogens is 1. The molecular weight excluding hydrogens is 188 g/mol. The van der Waals surface area contributed by atoms with Crippen LogP contribution in [0.25, 0.3) is 0 Å². The smallest absolute Gasteiger partial charge is 0.295 e. The normalized spacial score (nSPS) is 14.6. The number of carbonyl (C=O) groups excluding carboxylic acids is 1. The minimum atomic E-state index is -1.01. The molecule has 0 amide bonds. The van der Waals surface area contributed by atoms with Crippen molar-refractivity contribution < 1.29 is 9.53 Å². The van der Waals surface area contributed by atoms with Gasteiger partial charge in [-0.25, -0.2) is 0 Å². The Morgan fingerprint density at radius 1 is 1.46 bits per heavy atom. The zero-order chi connectivity index (χ0) is 9.73. The molecule has 1 unspecified atom stereocenters. The predicted octanol–water partition coefficient (Wildman–Crippen LogP) is 2.66. The number of rotatable bonds is 4. The van der Waals surface area contributed by atoms with E-state index in [1.807, 2.05) is 37.3 Å². The van der Waals surface area contributed by atoms with Gasteiger partial charge in [0.1, 0.15) is 0 Å². The van der Waals surface area contributed by atoms with Crippen LogP contribution in [0.4, 0.5) is 0 Å². The second-order valence-electron chi connectivity index (χ2n) is 2.66. The van der Waals surface area contributed by atoms with E-state index in [4.69, 9.17) is 16.3 Å². The summed E-state index contributed by atoms with van der Waals surface area (Å²) in [5.74, 6) is 0. The first kappa shape index (κ1) is 10.1. The van der Waals surface area contributed by atoms with Crippen LogP contribution in [0.15, 0.2) is 30.3 Å². The van der Waals surface area contributed by atoms with Gasteiger partial charge in [0.05, 0.1) is 0 Å². The molecule has 0 saturated heterocycles. The fourth-order valence-electron chi connectivity index (χ4n) is 1.12. The summed E-state index contributed by atoms with van der Waals surface area (Å²) >= 11 is 6.10. The van der Waals surface area contributed by atoms with Crippen LogP contribution in [0.2, 0.25) is 0 Å². The molecule has 0 spiro atoms. The lowest BCUT2D eigenvalue weighted by atomic mass is 10.1. The van der Waals surface area contributed by atoms with E-state index in [1.165, 1.54) is 0 Å². The van der Waals surface area contributed by atoms with E-state index in [0.29, 0.717) is 12.9 Å². The first-order valence-corrected chi connectivity index (χ1v) is 4.46. The van der Waals surface area contributed by atoms with Crippen LogP contribution in [0, 0.1) is 0 Å². The molecule has 0 aliphatic rings. The van der Waals surface area contributed by atoms with Crippen LogP contribution in [0.3, 0.4) is 0 Å². The highest BCUT2D eigenvalue weighted by Crippen LogP contribution is 2.32. The quantitative estimate of drug-likeness (QED) is 0.549. The predicted molar refractivity (Wildman–Crippen MR) is 51.4 cm³/mol. The lowest BCUT2D eigenvalue weighted by Gasteiger charge is -2.23. The minimum Gasteiger partial charge on any atom is -0.441 e. The van der Waals surface area contributed by atoms with Crippen molar-refractivity contribution in [3.63, 3.8) is 0 Å². The SMILES string of the molecule is CCC(Cl)(OC=O)c1ccccc1. The zero-order valence-corrected chi connectivity index (χ0v) is 8.12. The summed E-state index contributed by atoms with van der Waals surface area (Å²) in [6.07, 6.45) is 0.539. The number of hydrogen-bond donors (Lipinski definition) is 0. The highest BCUT2D eigenvalue weighted by atomic mass is 35.5. The maximum atomic E-state index is 10.2. The first-order chi connectivity index (χ1) is 6.23. The van der Waals surface area contributed by atoms with E-state index >= 15 is 0 Å². The minimum absolute atomic E-state index is 0.378. The Morgan fingerprint density at radius 3 is 2.54 bits per heavy atom. The van der Waals surface area contributed by atoms with Crippen LogP contribution in [0.1, 0.15) is 18.9 Å². The van der Waals surface area contributed by atoms with Gasteiger partial charge in [-0.15, -0.1) is 0 Å². The van der Waals surface area contributed by atoms with E-state index in [0.717, 1.165) is 5.56 Å². The molecule has 1 atom stereocenters. The summed E-state index contributed by atoms with van der Waals surface area (Å²) in [4.78, 5) is 10.2. The molecule has 0 saturated carbocycles. The first-order valence-electron chi connectivity index (χ1n) is 4.09. The number of ether oxygens (including phenoxy) is 1.